The van der Waals surface area contributed by atoms with Crippen molar-refractivity contribution < 1.29 is 40.7 Å². The van der Waals surface area contributed by atoms with E-state index in [0.29, 0.717) is 0 Å². The second-order valence-electron chi connectivity index (χ2n) is 8.12. The third-order valence-corrected chi connectivity index (χ3v) is 5.56. The van der Waals surface area contributed by atoms with Crippen LogP contribution in [0.1, 0.15) is 43.0 Å². The number of carbonyl (C=O) groups is 3. The second kappa shape index (κ2) is 10.0. The molecule has 3 aromatic rings. The molecule has 0 radical (unpaired) electrons. The predicted molar refractivity (Wildman–Crippen MR) is 126 cm³/mol. The first-order valence-corrected chi connectivity index (χ1v) is 10.9. The molecule has 0 aliphatic carbocycles. The maximum Gasteiger partial charge on any atom is 0.416 e. The summed E-state index contributed by atoms with van der Waals surface area (Å²) in [6, 6.07) is 12.2. The normalized spacial score (nSPS) is 13.3. The van der Waals surface area contributed by atoms with Gasteiger partial charge in [0.2, 0.25) is 5.91 Å². The molecule has 3 aromatic carbocycles. The van der Waals surface area contributed by atoms with Gasteiger partial charge in [0, 0.05) is 11.8 Å². The number of rotatable bonds is 5. The number of fused-ring (bicyclic) bond motifs is 1. The molecule has 1 aliphatic rings. The summed E-state index contributed by atoms with van der Waals surface area (Å²) in [4.78, 5) is 35.8. The van der Waals surface area contributed by atoms with E-state index in [2.05, 4.69) is 10.6 Å². The fourth-order valence-corrected chi connectivity index (χ4v) is 3.70. The van der Waals surface area contributed by atoms with Crippen LogP contribution in [0.4, 0.5) is 32.0 Å². The quantitative estimate of drug-likeness (QED) is 0.178. The van der Waals surface area contributed by atoms with Gasteiger partial charge in [-0.25, -0.2) is 0 Å². The number of hydrogen-bond acceptors (Lipinski definition) is 3. The SMILES string of the molecule is O=C(C=CC=C(c1ccc(C(F)(F)F)cc1)c1ccc(C(F)(F)F)cc1)Nc1ccc2c(c1)C(=O)NC2=O. The second-order valence-corrected chi connectivity index (χ2v) is 8.12. The first-order valence-electron chi connectivity index (χ1n) is 10.9. The van der Waals surface area contributed by atoms with Gasteiger partial charge in [-0.1, -0.05) is 36.4 Å². The maximum absolute atomic E-state index is 13.0. The summed E-state index contributed by atoms with van der Waals surface area (Å²) in [5.74, 6) is -1.78. The van der Waals surface area contributed by atoms with Gasteiger partial charge in [-0.2, -0.15) is 26.3 Å². The van der Waals surface area contributed by atoms with E-state index in [9.17, 15) is 40.7 Å². The highest BCUT2D eigenvalue weighted by molar-refractivity contribution is 6.22. The Kier molecular flexibility index (Phi) is 6.95. The molecular formula is C27H16F6N2O3. The Morgan fingerprint density at radius 2 is 1.21 bits per heavy atom. The van der Waals surface area contributed by atoms with E-state index < -0.39 is 41.2 Å². The van der Waals surface area contributed by atoms with Crippen LogP contribution >= 0.6 is 0 Å². The standard InChI is InChI=1S/C27H16F6N2O3/c28-26(29,30)17-8-4-15(5-9-17)20(16-6-10-18(11-7-16)27(31,32)33)2-1-3-23(36)34-19-12-13-21-22(14-19)25(38)35-24(21)37/h1-14H,(H,34,36)(H,35,37,38). The molecule has 0 unspecified atom stereocenters. The van der Waals surface area contributed by atoms with Gasteiger partial charge >= 0.3 is 12.4 Å². The number of alkyl halides is 6. The number of hydrogen-bond donors (Lipinski definition) is 2. The molecule has 11 heteroatoms. The fraction of sp³-hybridized carbons (Fsp3) is 0.0741. The monoisotopic (exact) mass is 530 g/mol. The van der Waals surface area contributed by atoms with Gasteiger partial charge < -0.3 is 5.32 Å². The molecular weight excluding hydrogens is 514 g/mol. The Hall–Kier alpha value is -4.67. The van der Waals surface area contributed by atoms with Crippen molar-refractivity contribution in [1.29, 1.82) is 0 Å². The average molecular weight is 530 g/mol. The van der Waals surface area contributed by atoms with Gasteiger partial charge in [-0.3, -0.25) is 19.7 Å². The molecule has 5 nitrogen and oxygen atoms in total. The highest BCUT2D eigenvalue weighted by atomic mass is 19.4. The highest BCUT2D eigenvalue weighted by Crippen LogP contribution is 2.33. The molecule has 2 N–H and O–H groups in total. The lowest BCUT2D eigenvalue weighted by Crippen LogP contribution is -2.19. The Morgan fingerprint density at radius 3 is 1.71 bits per heavy atom. The molecule has 3 amide bonds. The van der Waals surface area contributed by atoms with Crippen LogP contribution in [-0.4, -0.2) is 17.7 Å². The van der Waals surface area contributed by atoms with Crippen molar-refractivity contribution in [2.75, 3.05) is 5.32 Å². The van der Waals surface area contributed by atoms with E-state index >= 15 is 0 Å². The van der Waals surface area contributed by atoms with Crippen molar-refractivity contribution in [1.82, 2.24) is 5.32 Å². The van der Waals surface area contributed by atoms with Crippen LogP contribution in [0.25, 0.3) is 5.57 Å². The van der Waals surface area contributed by atoms with E-state index in [4.69, 9.17) is 0 Å². The number of benzene rings is 3. The lowest BCUT2D eigenvalue weighted by atomic mass is 9.95. The predicted octanol–water partition coefficient (Wildman–Crippen LogP) is 6.23. The van der Waals surface area contributed by atoms with E-state index in [1.165, 1.54) is 54.6 Å². The minimum atomic E-state index is -4.57. The number of anilines is 1. The van der Waals surface area contributed by atoms with Crippen molar-refractivity contribution in [2.24, 2.45) is 0 Å². The molecule has 194 valence electrons. The molecule has 0 aromatic heterocycles. The molecule has 0 saturated carbocycles. The lowest BCUT2D eigenvalue weighted by molar-refractivity contribution is -0.138. The van der Waals surface area contributed by atoms with Crippen LogP contribution in [0.15, 0.2) is 85.0 Å². The number of nitrogens with one attached hydrogen (secondary N) is 2. The Labute approximate surface area is 211 Å². The summed E-state index contributed by atoms with van der Waals surface area (Å²) in [5, 5.41) is 4.64. The van der Waals surface area contributed by atoms with E-state index in [-0.39, 0.29) is 33.5 Å². The van der Waals surface area contributed by atoms with Crippen LogP contribution in [0.5, 0.6) is 0 Å². The number of imide groups is 1. The summed E-state index contributed by atoms with van der Waals surface area (Å²) in [6.07, 6.45) is -5.39. The Morgan fingerprint density at radius 1 is 0.711 bits per heavy atom. The zero-order chi connectivity index (χ0) is 27.7. The topological polar surface area (TPSA) is 75.3 Å². The van der Waals surface area contributed by atoms with Gasteiger partial charge in [0.1, 0.15) is 0 Å². The Bertz CT molecular complexity index is 1410. The first kappa shape index (κ1) is 26.4. The maximum atomic E-state index is 13.0. The number of halogens is 6. The van der Waals surface area contributed by atoms with Crippen molar-refractivity contribution >= 4 is 29.0 Å². The van der Waals surface area contributed by atoms with Gasteiger partial charge in [-0.05, 0) is 59.2 Å². The summed E-state index contributed by atoms with van der Waals surface area (Å²) in [7, 11) is 0. The molecule has 4 rings (SSSR count). The van der Waals surface area contributed by atoms with E-state index in [1.807, 2.05) is 0 Å². The molecule has 0 fully saturated rings. The lowest BCUT2D eigenvalue weighted by Gasteiger charge is -2.12. The zero-order valence-corrected chi connectivity index (χ0v) is 19.1. The first-order chi connectivity index (χ1) is 17.8. The zero-order valence-electron chi connectivity index (χ0n) is 19.1. The third kappa shape index (κ3) is 5.83. The minimum absolute atomic E-state index is 0.101. The smallest absolute Gasteiger partial charge is 0.322 e. The van der Waals surface area contributed by atoms with Crippen molar-refractivity contribution in [3.05, 3.63) is 118 Å². The summed E-state index contributed by atoms with van der Waals surface area (Å²) < 4.78 is 77.8. The van der Waals surface area contributed by atoms with Crippen LogP contribution < -0.4 is 10.6 Å². The summed E-state index contributed by atoms with van der Waals surface area (Å²) >= 11 is 0. The van der Waals surface area contributed by atoms with Gasteiger partial charge in [0.25, 0.3) is 11.8 Å². The largest absolute Gasteiger partial charge is 0.416 e. The molecule has 0 spiro atoms. The molecule has 38 heavy (non-hydrogen) atoms. The average Bonchev–Trinajstić information content (AvgIpc) is 3.13. The summed E-state index contributed by atoms with van der Waals surface area (Å²) in [5.41, 5.74) is -0.468. The van der Waals surface area contributed by atoms with E-state index in [1.54, 1.807) is 0 Å². The highest BCUT2D eigenvalue weighted by Gasteiger charge is 2.31. The molecule has 1 aliphatic heterocycles. The molecule has 1 heterocycles. The van der Waals surface area contributed by atoms with Crippen molar-refractivity contribution in [3.8, 4) is 0 Å². The number of carbonyl (C=O) groups excluding carboxylic acids is 3. The van der Waals surface area contributed by atoms with Crippen LogP contribution in [0.2, 0.25) is 0 Å². The molecule has 0 bridgehead atoms. The van der Waals surface area contributed by atoms with Crippen LogP contribution in [0.3, 0.4) is 0 Å². The third-order valence-electron chi connectivity index (χ3n) is 5.56. The van der Waals surface area contributed by atoms with Crippen molar-refractivity contribution in [2.45, 2.75) is 12.4 Å². The fourth-order valence-electron chi connectivity index (χ4n) is 3.70. The summed E-state index contributed by atoms with van der Waals surface area (Å²) in [6.45, 7) is 0. The number of allylic oxidation sites excluding steroid dienone is 2. The van der Waals surface area contributed by atoms with Crippen LogP contribution in [0, 0.1) is 0 Å². The van der Waals surface area contributed by atoms with Gasteiger partial charge in [0.05, 0.1) is 22.3 Å². The van der Waals surface area contributed by atoms with E-state index in [0.717, 1.165) is 30.3 Å². The van der Waals surface area contributed by atoms with Crippen LogP contribution in [-0.2, 0) is 17.1 Å². The number of amides is 3. The molecule has 0 saturated heterocycles. The van der Waals surface area contributed by atoms with Gasteiger partial charge in [0.15, 0.2) is 0 Å². The van der Waals surface area contributed by atoms with Gasteiger partial charge in [-0.15, -0.1) is 0 Å². The van der Waals surface area contributed by atoms with Crippen molar-refractivity contribution in [3.63, 3.8) is 0 Å². The Balaban J connectivity index is 1.60. The minimum Gasteiger partial charge on any atom is -0.322 e. The molecule has 0 atom stereocenters.